The molecule has 0 radical (unpaired) electrons. The van der Waals surface area contributed by atoms with Crippen molar-refractivity contribution in [1.29, 1.82) is 0 Å². The van der Waals surface area contributed by atoms with Crippen LogP contribution in [-0.2, 0) is 11.2 Å². The standard InChI is InChI=1S/C14H14O4/c1-17-14(16)13-8-7-11(18-13)9-12(15)10-5-3-2-4-6-10/h2-8,12,15H,9H2,1H3. The van der Waals surface area contributed by atoms with Crippen LogP contribution in [0.15, 0.2) is 46.9 Å². The lowest BCUT2D eigenvalue weighted by atomic mass is 10.1. The average molecular weight is 246 g/mol. The van der Waals surface area contributed by atoms with Gasteiger partial charge in [-0.2, -0.15) is 0 Å². The smallest absolute Gasteiger partial charge is 0.373 e. The number of carbonyl (C=O) groups is 1. The monoisotopic (exact) mass is 246 g/mol. The van der Waals surface area contributed by atoms with E-state index in [0.29, 0.717) is 12.2 Å². The normalized spacial score (nSPS) is 12.1. The van der Waals surface area contributed by atoms with Gasteiger partial charge in [-0.15, -0.1) is 0 Å². The molecule has 94 valence electrons. The first-order valence-electron chi connectivity index (χ1n) is 5.60. The highest BCUT2D eigenvalue weighted by Crippen LogP contribution is 2.19. The van der Waals surface area contributed by atoms with E-state index in [0.717, 1.165) is 5.56 Å². The zero-order chi connectivity index (χ0) is 13.0. The highest BCUT2D eigenvalue weighted by atomic mass is 16.5. The van der Waals surface area contributed by atoms with Gasteiger partial charge in [-0.05, 0) is 17.7 Å². The van der Waals surface area contributed by atoms with E-state index >= 15 is 0 Å². The minimum Gasteiger partial charge on any atom is -0.463 e. The molecule has 0 aliphatic rings. The van der Waals surface area contributed by atoms with Crippen molar-refractivity contribution in [3.8, 4) is 0 Å². The molecule has 0 fully saturated rings. The number of benzene rings is 1. The molecule has 1 aromatic heterocycles. The molecule has 4 nitrogen and oxygen atoms in total. The molecule has 2 rings (SSSR count). The first-order chi connectivity index (χ1) is 8.70. The summed E-state index contributed by atoms with van der Waals surface area (Å²) in [5.41, 5.74) is 0.813. The summed E-state index contributed by atoms with van der Waals surface area (Å²) in [7, 11) is 1.29. The number of esters is 1. The second-order valence-electron chi connectivity index (χ2n) is 3.89. The van der Waals surface area contributed by atoms with E-state index in [1.807, 2.05) is 30.3 Å². The van der Waals surface area contributed by atoms with Gasteiger partial charge in [-0.1, -0.05) is 30.3 Å². The molecule has 1 heterocycles. The Hall–Kier alpha value is -2.07. The van der Waals surface area contributed by atoms with Crippen molar-refractivity contribution in [2.24, 2.45) is 0 Å². The van der Waals surface area contributed by atoms with Crippen molar-refractivity contribution in [3.63, 3.8) is 0 Å². The zero-order valence-corrected chi connectivity index (χ0v) is 10.00. The van der Waals surface area contributed by atoms with E-state index in [9.17, 15) is 9.90 Å². The largest absolute Gasteiger partial charge is 0.463 e. The molecule has 0 bridgehead atoms. The summed E-state index contributed by atoms with van der Waals surface area (Å²) >= 11 is 0. The van der Waals surface area contributed by atoms with E-state index in [2.05, 4.69) is 4.74 Å². The summed E-state index contributed by atoms with van der Waals surface area (Å²) in [6, 6.07) is 12.5. The topological polar surface area (TPSA) is 59.7 Å². The lowest BCUT2D eigenvalue weighted by molar-refractivity contribution is 0.0561. The van der Waals surface area contributed by atoms with E-state index < -0.39 is 12.1 Å². The number of methoxy groups -OCH3 is 1. The van der Waals surface area contributed by atoms with Crippen LogP contribution in [0.3, 0.4) is 0 Å². The minimum absolute atomic E-state index is 0.146. The van der Waals surface area contributed by atoms with Crippen LogP contribution in [0.5, 0.6) is 0 Å². The number of furan rings is 1. The first kappa shape index (κ1) is 12.4. The number of aliphatic hydroxyl groups excluding tert-OH is 1. The minimum atomic E-state index is -0.650. The summed E-state index contributed by atoms with van der Waals surface area (Å²) in [5, 5.41) is 10.0. The second-order valence-corrected chi connectivity index (χ2v) is 3.89. The van der Waals surface area contributed by atoms with Gasteiger partial charge in [0.2, 0.25) is 5.76 Å². The molecule has 1 unspecified atom stereocenters. The zero-order valence-electron chi connectivity index (χ0n) is 10.00. The Morgan fingerprint density at radius 1 is 1.28 bits per heavy atom. The number of carbonyl (C=O) groups excluding carboxylic acids is 1. The van der Waals surface area contributed by atoms with Gasteiger partial charge in [0, 0.05) is 6.42 Å². The Bertz CT molecular complexity index is 516. The van der Waals surface area contributed by atoms with Crippen LogP contribution in [0, 0.1) is 0 Å². The van der Waals surface area contributed by atoms with Gasteiger partial charge in [-0.3, -0.25) is 0 Å². The van der Waals surface area contributed by atoms with Crippen LogP contribution in [0.2, 0.25) is 0 Å². The van der Waals surface area contributed by atoms with Crippen LogP contribution in [0.4, 0.5) is 0 Å². The summed E-state index contributed by atoms with van der Waals surface area (Å²) in [6.45, 7) is 0. The fourth-order valence-electron chi connectivity index (χ4n) is 1.68. The number of hydrogen-bond acceptors (Lipinski definition) is 4. The molecule has 4 heteroatoms. The van der Waals surface area contributed by atoms with Crippen LogP contribution >= 0.6 is 0 Å². The van der Waals surface area contributed by atoms with Crippen molar-refractivity contribution in [2.75, 3.05) is 7.11 Å². The first-order valence-corrected chi connectivity index (χ1v) is 5.60. The van der Waals surface area contributed by atoms with E-state index in [4.69, 9.17) is 4.42 Å². The molecular weight excluding hydrogens is 232 g/mol. The molecule has 0 aliphatic heterocycles. The SMILES string of the molecule is COC(=O)c1ccc(CC(O)c2ccccc2)o1. The van der Waals surface area contributed by atoms with Crippen molar-refractivity contribution in [3.05, 3.63) is 59.5 Å². The highest BCUT2D eigenvalue weighted by molar-refractivity contribution is 5.86. The number of hydrogen-bond donors (Lipinski definition) is 1. The fourth-order valence-corrected chi connectivity index (χ4v) is 1.68. The molecule has 0 saturated heterocycles. The summed E-state index contributed by atoms with van der Waals surface area (Å²) in [4.78, 5) is 11.2. The van der Waals surface area contributed by atoms with Crippen LogP contribution in [0.1, 0.15) is 28.0 Å². The molecule has 0 amide bonds. The predicted octanol–water partition coefficient (Wildman–Crippen LogP) is 2.34. The quantitative estimate of drug-likeness (QED) is 0.841. The van der Waals surface area contributed by atoms with Gasteiger partial charge in [-0.25, -0.2) is 4.79 Å². The molecule has 2 aromatic rings. The third-order valence-electron chi connectivity index (χ3n) is 2.63. The van der Waals surface area contributed by atoms with Crippen molar-refractivity contribution in [2.45, 2.75) is 12.5 Å². The van der Waals surface area contributed by atoms with E-state index in [1.165, 1.54) is 7.11 Å². The Morgan fingerprint density at radius 2 is 2.00 bits per heavy atom. The van der Waals surface area contributed by atoms with Crippen LogP contribution in [0.25, 0.3) is 0 Å². The third kappa shape index (κ3) is 2.78. The Kier molecular flexibility index (Phi) is 3.79. The summed E-state index contributed by atoms with van der Waals surface area (Å²) < 4.78 is 9.84. The lowest BCUT2D eigenvalue weighted by Gasteiger charge is -2.08. The summed E-state index contributed by atoms with van der Waals surface area (Å²) in [6.07, 6.45) is -0.330. The molecule has 0 aliphatic carbocycles. The lowest BCUT2D eigenvalue weighted by Crippen LogP contribution is -2.01. The van der Waals surface area contributed by atoms with Gasteiger partial charge >= 0.3 is 5.97 Å². The predicted molar refractivity (Wildman–Crippen MR) is 65.2 cm³/mol. The van der Waals surface area contributed by atoms with Crippen molar-refractivity contribution in [1.82, 2.24) is 0 Å². The van der Waals surface area contributed by atoms with Crippen molar-refractivity contribution < 1.29 is 19.1 Å². The Morgan fingerprint density at radius 3 is 2.67 bits per heavy atom. The second kappa shape index (κ2) is 5.51. The van der Waals surface area contributed by atoms with Gasteiger partial charge in [0.05, 0.1) is 13.2 Å². The van der Waals surface area contributed by atoms with E-state index in [-0.39, 0.29) is 5.76 Å². The number of rotatable bonds is 4. The Labute approximate surface area is 105 Å². The van der Waals surface area contributed by atoms with Gasteiger partial charge in [0.15, 0.2) is 0 Å². The molecule has 1 N–H and O–H groups in total. The molecule has 0 saturated carbocycles. The van der Waals surface area contributed by atoms with Crippen LogP contribution in [-0.4, -0.2) is 18.2 Å². The molecule has 18 heavy (non-hydrogen) atoms. The molecular formula is C14H14O4. The molecule has 1 aromatic carbocycles. The van der Waals surface area contributed by atoms with E-state index in [1.54, 1.807) is 12.1 Å². The fraction of sp³-hybridized carbons (Fsp3) is 0.214. The third-order valence-corrected chi connectivity index (χ3v) is 2.63. The molecule has 0 spiro atoms. The van der Waals surface area contributed by atoms with Gasteiger partial charge in [0.25, 0.3) is 0 Å². The Balaban J connectivity index is 2.06. The van der Waals surface area contributed by atoms with Gasteiger partial charge in [0.1, 0.15) is 5.76 Å². The van der Waals surface area contributed by atoms with Gasteiger partial charge < -0.3 is 14.3 Å². The molecule has 1 atom stereocenters. The number of aliphatic hydroxyl groups is 1. The highest BCUT2D eigenvalue weighted by Gasteiger charge is 2.14. The maximum absolute atomic E-state index is 11.2. The van der Waals surface area contributed by atoms with Crippen LogP contribution < -0.4 is 0 Å². The maximum atomic E-state index is 11.2. The maximum Gasteiger partial charge on any atom is 0.373 e. The van der Waals surface area contributed by atoms with Crippen molar-refractivity contribution >= 4 is 5.97 Å². The average Bonchev–Trinajstić information content (AvgIpc) is 2.87. The number of ether oxygens (including phenoxy) is 1. The summed E-state index contributed by atoms with van der Waals surface area (Å²) in [5.74, 6) is 0.176.